The van der Waals surface area contributed by atoms with Crippen molar-refractivity contribution >= 4 is 12.0 Å². The van der Waals surface area contributed by atoms with Gasteiger partial charge in [-0.3, -0.25) is 4.79 Å². The van der Waals surface area contributed by atoms with Gasteiger partial charge in [-0.1, -0.05) is 57.0 Å². The zero-order chi connectivity index (χ0) is 24.4. The molecule has 0 aromatic heterocycles. The minimum absolute atomic E-state index is 0.0518. The molecule has 1 heterocycles. The van der Waals surface area contributed by atoms with Crippen molar-refractivity contribution < 1.29 is 23.8 Å². The van der Waals surface area contributed by atoms with Crippen molar-refractivity contribution in [1.29, 1.82) is 5.26 Å². The van der Waals surface area contributed by atoms with Crippen LogP contribution in [0.1, 0.15) is 51.5 Å². The van der Waals surface area contributed by atoms with Crippen LogP contribution < -0.4 is 5.32 Å². The predicted molar refractivity (Wildman–Crippen MR) is 127 cm³/mol. The van der Waals surface area contributed by atoms with Gasteiger partial charge in [-0.05, 0) is 36.2 Å². The van der Waals surface area contributed by atoms with Gasteiger partial charge in [-0.2, -0.15) is 5.26 Å². The van der Waals surface area contributed by atoms with Crippen LogP contribution in [0.15, 0.2) is 30.3 Å². The van der Waals surface area contributed by atoms with Crippen molar-refractivity contribution in [1.82, 2.24) is 10.2 Å². The number of hydrogen-bond acceptors (Lipinski definition) is 6. The van der Waals surface area contributed by atoms with E-state index in [1.54, 1.807) is 4.90 Å². The zero-order valence-corrected chi connectivity index (χ0v) is 20.3. The first kappa shape index (κ1) is 26.0. The Labute approximate surface area is 202 Å². The van der Waals surface area contributed by atoms with Crippen molar-refractivity contribution in [3.63, 3.8) is 0 Å². The first-order chi connectivity index (χ1) is 16.4. The molecule has 0 bridgehead atoms. The lowest BCUT2D eigenvalue weighted by Gasteiger charge is -2.40. The molecule has 2 amide bonds. The smallest absolute Gasteiger partial charge is 0.410 e. The molecular weight excluding hydrogens is 434 g/mol. The van der Waals surface area contributed by atoms with E-state index < -0.39 is 24.1 Å². The van der Waals surface area contributed by atoms with Crippen molar-refractivity contribution in [2.75, 3.05) is 32.9 Å². The van der Waals surface area contributed by atoms with E-state index in [2.05, 4.69) is 25.2 Å². The van der Waals surface area contributed by atoms with E-state index in [0.29, 0.717) is 39.3 Å². The molecule has 1 aromatic rings. The second-order valence-corrected chi connectivity index (χ2v) is 9.83. The Morgan fingerprint density at radius 1 is 1.24 bits per heavy atom. The number of amides is 2. The molecular formula is C26H37N3O5. The summed E-state index contributed by atoms with van der Waals surface area (Å²) in [6.45, 7) is 6.62. The Kier molecular flexibility index (Phi) is 9.73. The highest BCUT2D eigenvalue weighted by atomic mass is 16.6. The normalized spacial score (nSPS) is 21.7. The van der Waals surface area contributed by atoms with Crippen molar-refractivity contribution in [3.05, 3.63) is 35.9 Å². The standard InChI is InChI=1S/C26H37N3O5/c1-26(2)11-7-6-10-21(26)16-23(34-25(31)29-12-14-32-15-13-29)24(30)28-22(17-27)19-33-18-20-8-4-3-5-9-20/h3-5,8-9,21-23H,6-7,10-16,18-19H2,1-2H3,(H,28,30)/t21?,22-,23+/m1/s1. The van der Waals surface area contributed by atoms with Crippen LogP contribution in [0.5, 0.6) is 0 Å². The lowest BCUT2D eigenvalue weighted by Crippen LogP contribution is -2.49. The number of benzene rings is 1. The second kappa shape index (κ2) is 12.7. The molecule has 2 aliphatic rings. The number of carbonyl (C=O) groups excluding carboxylic acids is 2. The summed E-state index contributed by atoms with van der Waals surface area (Å²) in [6.07, 6.45) is 3.33. The van der Waals surface area contributed by atoms with Gasteiger partial charge in [0.25, 0.3) is 5.91 Å². The third kappa shape index (κ3) is 7.71. The summed E-state index contributed by atoms with van der Waals surface area (Å²) in [5.74, 6) is -0.192. The summed E-state index contributed by atoms with van der Waals surface area (Å²) >= 11 is 0. The highest BCUT2D eigenvalue weighted by molar-refractivity contribution is 5.84. The van der Waals surface area contributed by atoms with Crippen LogP contribution in [0.25, 0.3) is 0 Å². The Balaban J connectivity index is 1.61. The van der Waals surface area contributed by atoms with Crippen molar-refractivity contribution in [2.24, 2.45) is 11.3 Å². The zero-order valence-electron chi connectivity index (χ0n) is 20.3. The topological polar surface area (TPSA) is 101 Å². The van der Waals surface area contributed by atoms with Gasteiger partial charge in [0.1, 0.15) is 6.04 Å². The van der Waals surface area contributed by atoms with Gasteiger partial charge in [0.15, 0.2) is 6.10 Å². The van der Waals surface area contributed by atoms with Crippen LogP contribution in [-0.4, -0.2) is 62.0 Å². The molecule has 3 rings (SSSR count). The second-order valence-electron chi connectivity index (χ2n) is 9.83. The molecule has 0 radical (unpaired) electrons. The molecule has 2 fully saturated rings. The average molecular weight is 472 g/mol. The maximum absolute atomic E-state index is 13.2. The summed E-state index contributed by atoms with van der Waals surface area (Å²) in [5, 5.41) is 12.3. The fourth-order valence-electron chi connectivity index (χ4n) is 4.66. The monoisotopic (exact) mass is 471 g/mol. The van der Waals surface area contributed by atoms with Gasteiger partial charge >= 0.3 is 6.09 Å². The number of carbonyl (C=O) groups is 2. The molecule has 186 valence electrons. The van der Waals surface area contributed by atoms with Gasteiger partial charge in [-0.25, -0.2) is 4.79 Å². The summed E-state index contributed by atoms with van der Waals surface area (Å²) < 4.78 is 16.7. The van der Waals surface area contributed by atoms with E-state index in [9.17, 15) is 14.9 Å². The van der Waals surface area contributed by atoms with E-state index in [-0.39, 0.29) is 17.9 Å². The SMILES string of the molecule is CC1(C)CCCCC1C[C@H](OC(=O)N1CCOCC1)C(=O)N[C@H](C#N)COCc1ccccc1. The van der Waals surface area contributed by atoms with Crippen LogP contribution in [0.4, 0.5) is 4.79 Å². The van der Waals surface area contributed by atoms with Crippen LogP contribution in [-0.2, 0) is 25.6 Å². The molecule has 1 saturated heterocycles. The van der Waals surface area contributed by atoms with Crippen molar-refractivity contribution in [2.45, 2.75) is 64.7 Å². The first-order valence-corrected chi connectivity index (χ1v) is 12.2. The van der Waals surface area contributed by atoms with E-state index >= 15 is 0 Å². The molecule has 0 spiro atoms. The third-order valence-corrected chi connectivity index (χ3v) is 6.90. The van der Waals surface area contributed by atoms with Crippen molar-refractivity contribution in [3.8, 4) is 6.07 Å². The maximum atomic E-state index is 13.2. The molecule has 1 saturated carbocycles. The molecule has 8 heteroatoms. The summed E-state index contributed by atoms with van der Waals surface area (Å²) in [6, 6.07) is 10.9. The number of morpholine rings is 1. The molecule has 8 nitrogen and oxygen atoms in total. The number of hydrogen-bond donors (Lipinski definition) is 1. The van der Waals surface area contributed by atoms with Crippen LogP contribution in [0, 0.1) is 22.7 Å². The molecule has 1 aliphatic heterocycles. The first-order valence-electron chi connectivity index (χ1n) is 12.2. The largest absolute Gasteiger partial charge is 0.436 e. The lowest BCUT2D eigenvalue weighted by molar-refractivity contribution is -0.133. The van der Waals surface area contributed by atoms with Crippen LogP contribution in [0.3, 0.4) is 0 Å². The number of nitrogens with one attached hydrogen (secondary N) is 1. The number of nitriles is 1. The van der Waals surface area contributed by atoms with E-state index in [1.807, 2.05) is 30.3 Å². The van der Waals surface area contributed by atoms with Gasteiger partial charge < -0.3 is 24.4 Å². The molecule has 1 aliphatic carbocycles. The Bertz CT molecular complexity index is 833. The molecule has 1 aromatic carbocycles. The van der Waals surface area contributed by atoms with E-state index in [4.69, 9.17) is 14.2 Å². The highest BCUT2D eigenvalue weighted by Gasteiger charge is 2.38. The van der Waals surface area contributed by atoms with Gasteiger partial charge in [0.05, 0.1) is 32.5 Å². The fourth-order valence-corrected chi connectivity index (χ4v) is 4.66. The number of rotatable bonds is 9. The molecule has 1 N–H and O–H groups in total. The minimum atomic E-state index is -0.956. The molecule has 1 unspecified atom stereocenters. The summed E-state index contributed by atoms with van der Waals surface area (Å²) in [4.78, 5) is 27.6. The number of nitrogens with zero attached hydrogens (tertiary/aromatic N) is 2. The maximum Gasteiger partial charge on any atom is 0.410 e. The Morgan fingerprint density at radius 3 is 2.65 bits per heavy atom. The average Bonchev–Trinajstić information content (AvgIpc) is 2.85. The van der Waals surface area contributed by atoms with Crippen LogP contribution >= 0.6 is 0 Å². The fraction of sp³-hybridized carbons (Fsp3) is 0.654. The third-order valence-electron chi connectivity index (χ3n) is 6.90. The summed E-state index contributed by atoms with van der Waals surface area (Å²) in [7, 11) is 0. The van der Waals surface area contributed by atoms with Crippen LogP contribution in [0.2, 0.25) is 0 Å². The molecule has 3 atom stereocenters. The summed E-state index contributed by atoms with van der Waals surface area (Å²) in [5.41, 5.74) is 1.05. The van der Waals surface area contributed by atoms with E-state index in [1.165, 1.54) is 6.42 Å². The van der Waals surface area contributed by atoms with E-state index in [0.717, 1.165) is 24.8 Å². The quantitative estimate of drug-likeness (QED) is 0.590. The van der Waals surface area contributed by atoms with Gasteiger partial charge in [0.2, 0.25) is 0 Å². The Hall–Kier alpha value is -2.63. The highest BCUT2D eigenvalue weighted by Crippen LogP contribution is 2.43. The van der Waals surface area contributed by atoms with Gasteiger partial charge in [-0.15, -0.1) is 0 Å². The lowest BCUT2D eigenvalue weighted by atomic mass is 9.67. The molecule has 34 heavy (non-hydrogen) atoms. The number of ether oxygens (including phenoxy) is 3. The predicted octanol–water partition coefficient (Wildman–Crippen LogP) is 3.66. The minimum Gasteiger partial charge on any atom is -0.436 e. The van der Waals surface area contributed by atoms with Gasteiger partial charge in [0, 0.05) is 13.1 Å². The Morgan fingerprint density at radius 2 is 1.97 bits per heavy atom.